The number of thiazole rings is 1. The summed E-state index contributed by atoms with van der Waals surface area (Å²) >= 11 is 5.00. The number of rotatable bonds is 5. The second-order valence-corrected chi connectivity index (χ2v) is 9.44. The molecule has 0 bridgehead atoms. The summed E-state index contributed by atoms with van der Waals surface area (Å²) in [6, 6.07) is 14.0. The zero-order valence-electron chi connectivity index (χ0n) is 17.2. The molecule has 0 aliphatic carbocycles. The number of nitrogens with zero attached hydrogens (tertiary/aromatic N) is 3. The minimum absolute atomic E-state index is 0.132. The number of amides is 1. The topological polar surface area (TPSA) is 48.5 Å². The van der Waals surface area contributed by atoms with Gasteiger partial charge in [0.2, 0.25) is 0 Å². The van der Waals surface area contributed by atoms with Gasteiger partial charge in [-0.05, 0) is 43.3 Å². The molecule has 1 amide bonds. The van der Waals surface area contributed by atoms with Crippen molar-refractivity contribution in [3.8, 4) is 11.3 Å². The summed E-state index contributed by atoms with van der Waals surface area (Å²) in [6.45, 7) is 7.37. The summed E-state index contributed by atoms with van der Waals surface area (Å²) in [5.41, 5.74) is 4.94. The van der Waals surface area contributed by atoms with E-state index in [1.807, 2.05) is 35.7 Å². The first-order valence-corrected chi connectivity index (χ1v) is 11.7. The van der Waals surface area contributed by atoms with Crippen LogP contribution in [-0.2, 0) is 6.54 Å². The van der Waals surface area contributed by atoms with Crippen LogP contribution in [0.25, 0.3) is 11.3 Å². The van der Waals surface area contributed by atoms with Gasteiger partial charge in [-0.15, -0.1) is 11.3 Å². The molecule has 4 rings (SSSR count). The Morgan fingerprint density at radius 3 is 2.57 bits per heavy atom. The van der Waals surface area contributed by atoms with Crippen LogP contribution in [0.2, 0.25) is 0 Å². The number of piperazine rings is 1. The van der Waals surface area contributed by atoms with Crippen molar-refractivity contribution in [3.05, 3.63) is 69.0 Å². The number of carbonyl (C=O) groups excluding carboxylic acids is 1. The van der Waals surface area contributed by atoms with E-state index in [1.165, 1.54) is 22.5 Å². The molecular weight excluding hydrogens is 460 g/mol. The van der Waals surface area contributed by atoms with E-state index in [1.54, 1.807) is 0 Å². The van der Waals surface area contributed by atoms with Gasteiger partial charge in [0.15, 0.2) is 5.13 Å². The van der Waals surface area contributed by atoms with E-state index in [9.17, 15) is 4.79 Å². The molecule has 2 heterocycles. The van der Waals surface area contributed by atoms with Crippen molar-refractivity contribution in [2.75, 3.05) is 38.5 Å². The van der Waals surface area contributed by atoms with E-state index in [0.29, 0.717) is 10.7 Å². The number of likely N-dealkylation sites (N-methyl/N-ethyl adjacent to an activating group) is 1. The summed E-state index contributed by atoms with van der Waals surface area (Å²) in [5, 5.41) is 5.49. The molecule has 1 fully saturated rings. The molecule has 0 saturated carbocycles. The van der Waals surface area contributed by atoms with Crippen molar-refractivity contribution in [3.63, 3.8) is 0 Å². The molecule has 0 radical (unpaired) electrons. The maximum Gasteiger partial charge on any atom is 0.257 e. The molecular formula is C23H25BrN4OS. The van der Waals surface area contributed by atoms with Crippen molar-refractivity contribution < 1.29 is 4.79 Å². The lowest BCUT2D eigenvalue weighted by Crippen LogP contribution is -2.43. The number of nitrogens with one attached hydrogen (secondary N) is 1. The van der Waals surface area contributed by atoms with E-state index in [-0.39, 0.29) is 5.91 Å². The molecule has 1 aromatic heterocycles. The average Bonchev–Trinajstić information content (AvgIpc) is 3.21. The standard InChI is InChI=1S/C23H25BrN4OS/c1-16-3-6-19(13-20(16)24)21-15-30-23(25-21)26-22(29)18-7-4-17(5-8-18)14-28-11-9-27(2)10-12-28/h3-8,13,15H,9-12,14H2,1-2H3,(H,25,26,29). The smallest absolute Gasteiger partial charge is 0.257 e. The fourth-order valence-corrected chi connectivity index (χ4v) is 4.50. The first kappa shape index (κ1) is 21.2. The van der Waals surface area contributed by atoms with E-state index >= 15 is 0 Å². The second kappa shape index (κ2) is 9.39. The number of anilines is 1. The highest BCUT2D eigenvalue weighted by Crippen LogP contribution is 2.28. The highest BCUT2D eigenvalue weighted by molar-refractivity contribution is 9.10. The van der Waals surface area contributed by atoms with Gasteiger partial charge in [0, 0.05) is 53.7 Å². The SMILES string of the molecule is Cc1ccc(-c2csc(NC(=O)c3ccc(CN4CCN(C)CC4)cc3)n2)cc1Br. The summed E-state index contributed by atoms with van der Waals surface area (Å²) in [7, 11) is 2.16. The number of hydrogen-bond donors (Lipinski definition) is 1. The van der Waals surface area contributed by atoms with Crippen LogP contribution >= 0.6 is 27.3 Å². The highest BCUT2D eigenvalue weighted by atomic mass is 79.9. The molecule has 1 aliphatic rings. The number of aromatic nitrogens is 1. The molecule has 0 atom stereocenters. The van der Waals surface area contributed by atoms with E-state index in [0.717, 1.165) is 48.5 Å². The molecule has 3 aromatic rings. The Hall–Kier alpha value is -2.06. The second-order valence-electron chi connectivity index (χ2n) is 7.73. The van der Waals surface area contributed by atoms with Crippen LogP contribution in [0, 0.1) is 6.92 Å². The zero-order chi connectivity index (χ0) is 21.1. The molecule has 0 spiro atoms. The fourth-order valence-electron chi connectivity index (χ4n) is 3.41. The summed E-state index contributed by atoms with van der Waals surface area (Å²) in [5.74, 6) is -0.132. The van der Waals surface area contributed by atoms with E-state index < -0.39 is 0 Å². The van der Waals surface area contributed by atoms with Gasteiger partial charge in [0.25, 0.3) is 5.91 Å². The van der Waals surface area contributed by atoms with Crippen molar-refractivity contribution in [2.24, 2.45) is 0 Å². The molecule has 7 heteroatoms. The molecule has 1 saturated heterocycles. The van der Waals surface area contributed by atoms with Crippen LogP contribution in [0.1, 0.15) is 21.5 Å². The summed E-state index contributed by atoms with van der Waals surface area (Å²) < 4.78 is 1.05. The summed E-state index contributed by atoms with van der Waals surface area (Å²) in [4.78, 5) is 22.0. The van der Waals surface area contributed by atoms with Gasteiger partial charge in [0.05, 0.1) is 5.69 Å². The first-order chi connectivity index (χ1) is 14.5. The van der Waals surface area contributed by atoms with Gasteiger partial charge in [-0.2, -0.15) is 0 Å². The lowest BCUT2D eigenvalue weighted by atomic mass is 10.1. The number of aryl methyl sites for hydroxylation is 1. The third-order valence-corrected chi connectivity index (χ3v) is 7.02. The predicted molar refractivity (Wildman–Crippen MR) is 127 cm³/mol. The monoisotopic (exact) mass is 484 g/mol. The largest absolute Gasteiger partial charge is 0.304 e. The lowest BCUT2D eigenvalue weighted by molar-refractivity contribution is 0.102. The predicted octanol–water partition coefficient (Wildman–Crippen LogP) is 4.88. The minimum Gasteiger partial charge on any atom is -0.304 e. The Kier molecular flexibility index (Phi) is 6.63. The van der Waals surface area contributed by atoms with Crippen molar-refractivity contribution >= 4 is 38.3 Å². The maximum absolute atomic E-state index is 12.6. The third-order valence-electron chi connectivity index (χ3n) is 5.41. The molecule has 1 aliphatic heterocycles. The molecule has 1 N–H and O–H groups in total. The average molecular weight is 485 g/mol. The Balaban J connectivity index is 1.37. The van der Waals surface area contributed by atoms with Crippen LogP contribution in [-0.4, -0.2) is 53.9 Å². The zero-order valence-corrected chi connectivity index (χ0v) is 19.6. The minimum atomic E-state index is -0.132. The number of benzene rings is 2. The van der Waals surface area contributed by atoms with E-state index in [2.05, 4.69) is 62.1 Å². The van der Waals surface area contributed by atoms with Gasteiger partial charge in [-0.1, -0.05) is 40.2 Å². The van der Waals surface area contributed by atoms with Crippen LogP contribution < -0.4 is 5.32 Å². The lowest BCUT2D eigenvalue weighted by Gasteiger charge is -2.32. The quantitative estimate of drug-likeness (QED) is 0.560. The molecule has 2 aromatic carbocycles. The van der Waals surface area contributed by atoms with Gasteiger partial charge in [-0.3, -0.25) is 15.0 Å². The Labute approximate surface area is 189 Å². The van der Waals surface area contributed by atoms with Crippen LogP contribution in [0.15, 0.2) is 52.3 Å². The van der Waals surface area contributed by atoms with Gasteiger partial charge < -0.3 is 4.90 Å². The third kappa shape index (κ3) is 5.16. The highest BCUT2D eigenvalue weighted by Gasteiger charge is 2.15. The first-order valence-electron chi connectivity index (χ1n) is 10.0. The Morgan fingerprint density at radius 1 is 1.13 bits per heavy atom. The fraction of sp³-hybridized carbons (Fsp3) is 0.304. The summed E-state index contributed by atoms with van der Waals surface area (Å²) in [6.07, 6.45) is 0. The molecule has 5 nitrogen and oxygen atoms in total. The maximum atomic E-state index is 12.6. The van der Waals surface area contributed by atoms with Gasteiger partial charge in [-0.25, -0.2) is 4.98 Å². The Morgan fingerprint density at radius 2 is 1.87 bits per heavy atom. The number of carbonyl (C=O) groups is 1. The Bertz CT molecular complexity index is 1030. The van der Waals surface area contributed by atoms with Crippen molar-refractivity contribution in [1.29, 1.82) is 0 Å². The molecule has 0 unspecified atom stereocenters. The molecule has 156 valence electrons. The van der Waals surface area contributed by atoms with Gasteiger partial charge in [0.1, 0.15) is 0 Å². The number of halogens is 1. The van der Waals surface area contributed by atoms with Crippen molar-refractivity contribution in [2.45, 2.75) is 13.5 Å². The van der Waals surface area contributed by atoms with Gasteiger partial charge >= 0.3 is 0 Å². The van der Waals surface area contributed by atoms with Crippen LogP contribution in [0.4, 0.5) is 5.13 Å². The normalized spacial score (nSPS) is 15.3. The number of hydrogen-bond acceptors (Lipinski definition) is 5. The van der Waals surface area contributed by atoms with E-state index in [4.69, 9.17) is 0 Å². The molecule has 30 heavy (non-hydrogen) atoms. The van der Waals surface area contributed by atoms with Crippen LogP contribution in [0.5, 0.6) is 0 Å². The van der Waals surface area contributed by atoms with Crippen LogP contribution in [0.3, 0.4) is 0 Å². The van der Waals surface area contributed by atoms with Crippen molar-refractivity contribution in [1.82, 2.24) is 14.8 Å².